The molecule has 2 rings (SSSR count). The first-order chi connectivity index (χ1) is 9.11. The third-order valence-electron chi connectivity index (χ3n) is 4.96. The van der Waals surface area contributed by atoms with Crippen molar-refractivity contribution in [3.05, 3.63) is 0 Å². The molecule has 1 saturated carbocycles. The molecule has 0 spiro atoms. The maximum absolute atomic E-state index is 11.2. The Labute approximate surface area is 116 Å². The smallest absolute Gasteiger partial charge is 0.320 e. The molecule has 0 aromatic carbocycles. The molecule has 1 aliphatic heterocycles. The van der Waals surface area contributed by atoms with Gasteiger partial charge in [0, 0.05) is 32.2 Å². The van der Waals surface area contributed by atoms with Gasteiger partial charge in [-0.1, -0.05) is 13.8 Å². The van der Waals surface area contributed by atoms with Crippen LogP contribution >= 0.6 is 0 Å². The molecule has 1 aliphatic carbocycles. The zero-order valence-corrected chi connectivity index (χ0v) is 12.3. The molecule has 0 amide bonds. The molecule has 4 heteroatoms. The molecule has 1 saturated heterocycles. The number of carboxylic acid groups (broad SMARTS) is 1. The Kier molecular flexibility index (Phi) is 5.22. The molecule has 1 N–H and O–H groups in total. The molecule has 1 atom stereocenters. The highest BCUT2D eigenvalue weighted by atomic mass is 16.4. The van der Waals surface area contributed by atoms with Crippen LogP contribution in [-0.2, 0) is 4.79 Å². The highest BCUT2D eigenvalue weighted by Gasteiger charge is 2.31. The fourth-order valence-electron chi connectivity index (χ4n) is 3.61. The Morgan fingerprint density at radius 2 is 1.74 bits per heavy atom. The van der Waals surface area contributed by atoms with Crippen molar-refractivity contribution in [1.29, 1.82) is 0 Å². The minimum absolute atomic E-state index is 0.284. The molecule has 2 aliphatic rings. The predicted octanol–water partition coefficient (Wildman–Crippen LogP) is 2.05. The van der Waals surface area contributed by atoms with E-state index in [1.165, 1.54) is 25.7 Å². The summed E-state index contributed by atoms with van der Waals surface area (Å²) in [5, 5.41) is 9.21. The van der Waals surface area contributed by atoms with Crippen molar-refractivity contribution in [1.82, 2.24) is 9.80 Å². The molecule has 110 valence electrons. The van der Waals surface area contributed by atoms with Gasteiger partial charge in [0.25, 0.3) is 0 Å². The van der Waals surface area contributed by atoms with E-state index in [0.29, 0.717) is 6.42 Å². The van der Waals surface area contributed by atoms with E-state index in [-0.39, 0.29) is 6.04 Å². The summed E-state index contributed by atoms with van der Waals surface area (Å²) in [6.07, 6.45) is 6.08. The molecule has 0 radical (unpaired) electrons. The molecule has 0 aromatic heterocycles. The van der Waals surface area contributed by atoms with E-state index in [9.17, 15) is 9.90 Å². The summed E-state index contributed by atoms with van der Waals surface area (Å²) in [5.74, 6) is 0.233. The first-order valence-electron chi connectivity index (χ1n) is 7.82. The van der Waals surface area contributed by atoms with E-state index in [4.69, 9.17) is 0 Å². The van der Waals surface area contributed by atoms with E-state index in [1.54, 1.807) is 0 Å². The van der Waals surface area contributed by atoms with Crippen molar-refractivity contribution in [3.8, 4) is 0 Å². The number of rotatable bonds is 4. The first kappa shape index (κ1) is 14.8. The SMILES string of the molecule is CC[C@H](C(=O)O)N1CCN(C2CCC(C)CC2)CC1. The van der Waals surface area contributed by atoms with Crippen LogP contribution in [0, 0.1) is 5.92 Å². The third-order valence-corrected chi connectivity index (χ3v) is 4.96. The van der Waals surface area contributed by atoms with Crippen molar-refractivity contribution in [2.75, 3.05) is 26.2 Å². The number of carboxylic acids is 1. The molecule has 19 heavy (non-hydrogen) atoms. The van der Waals surface area contributed by atoms with Crippen LogP contribution in [0.3, 0.4) is 0 Å². The number of hydrogen-bond donors (Lipinski definition) is 1. The fraction of sp³-hybridized carbons (Fsp3) is 0.933. The van der Waals surface area contributed by atoms with Crippen LogP contribution in [0.15, 0.2) is 0 Å². The minimum atomic E-state index is -0.664. The number of nitrogens with zero attached hydrogens (tertiary/aromatic N) is 2. The van der Waals surface area contributed by atoms with Crippen LogP contribution in [0.4, 0.5) is 0 Å². The standard InChI is InChI=1S/C15H28N2O2/c1-3-14(15(18)19)17-10-8-16(9-11-17)13-6-4-12(2)5-7-13/h12-14H,3-11H2,1-2H3,(H,18,19)/t12?,13?,14-/m1/s1. The lowest BCUT2D eigenvalue weighted by atomic mass is 9.86. The number of carbonyl (C=O) groups is 1. The zero-order valence-electron chi connectivity index (χ0n) is 12.3. The lowest BCUT2D eigenvalue weighted by molar-refractivity contribution is -0.144. The maximum Gasteiger partial charge on any atom is 0.320 e. The second-order valence-corrected chi connectivity index (χ2v) is 6.25. The Balaban J connectivity index is 1.80. The minimum Gasteiger partial charge on any atom is -0.480 e. The molecule has 1 heterocycles. The van der Waals surface area contributed by atoms with Crippen molar-refractivity contribution in [2.24, 2.45) is 5.92 Å². The van der Waals surface area contributed by atoms with Gasteiger partial charge in [-0.15, -0.1) is 0 Å². The molecule has 2 fully saturated rings. The number of aliphatic carboxylic acids is 1. The lowest BCUT2D eigenvalue weighted by Gasteiger charge is -2.43. The Bertz CT molecular complexity index is 293. The summed E-state index contributed by atoms with van der Waals surface area (Å²) < 4.78 is 0. The first-order valence-corrected chi connectivity index (χ1v) is 7.82. The zero-order chi connectivity index (χ0) is 13.8. The summed E-state index contributed by atoms with van der Waals surface area (Å²) in [6.45, 7) is 8.24. The van der Waals surface area contributed by atoms with E-state index >= 15 is 0 Å². The number of piperazine rings is 1. The van der Waals surface area contributed by atoms with E-state index < -0.39 is 5.97 Å². The monoisotopic (exact) mass is 268 g/mol. The van der Waals surface area contributed by atoms with Crippen molar-refractivity contribution in [3.63, 3.8) is 0 Å². The maximum atomic E-state index is 11.2. The van der Waals surface area contributed by atoms with Gasteiger partial charge in [0.15, 0.2) is 0 Å². The van der Waals surface area contributed by atoms with E-state index in [2.05, 4.69) is 16.7 Å². The Morgan fingerprint density at radius 1 is 1.16 bits per heavy atom. The van der Waals surface area contributed by atoms with Gasteiger partial charge in [0.05, 0.1) is 0 Å². The molecular formula is C15H28N2O2. The second kappa shape index (κ2) is 6.71. The average molecular weight is 268 g/mol. The van der Waals surface area contributed by atoms with Crippen LogP contribution in [0.2, 0.25) is 0 Å². The molecule has 0 bridgehead atoms. The summed E-state index contributed by atoms with van der Waals surface area (Å²) in [6, 6.07) is 0.469. The van der Waals surface area contributed by atoms with Crippen LogP contribution in [-0.4, -0.2) is 59.1 Å². The molecule has 4 nitrogen and oxygen atoms in total. The second-order valence-electron chi connectivity index (χ2n) is 6.25. The highest BCUT2D eigenvalue weighted by Crippen LogP contribution is 2.27. The van der Waals surface area contributed by atoms with Gasteiger partial charge >= 0.3 is 5.97 Å². The summed E-state index contributed by atoms with van der Waals surface area (Å²) >= 11 is 0. The van der Waals surface area contributed by atoms with Crippen molar-refractivity contribution >= 4 is 5.97 Å². The molecule has 0 aromatic rings. The molecular weight excluding hydrogens is 240 g/mol. The van der Waals surface area contributed by atoms with Crippen LogP contribution < -0.4 is 0 Å². The summed E-state index contributed by atoms with van der Waals surface area (Å²) in [4.78, 5) is 15.9. The third kappa shape index (κ3) is 3.69. The van der Waals surface area contributed by atoms with Gasteiger partial charge in [-0.2, -0.15) is 0 Å². The largest absolute Gasteiger partial charge is 0.480 e. The van der Waals surface area contributed by atoms with Crippen LogP contribution in [0.1, 0.15) is 46.0 Å². The molecule has 0 unspecified atom stereocenters. The van der Waals surface area contributed by atoms with E-state index in [1.807, 2.05) is 6.92 Å². The van der Waals surface area contributed by atoms with Gasteiger partial charge in [-0.3, -0.25) is 14.6 Å². The van der Waals surface area contributed by atoms with Gasteiger partial charge in [-0.05, 0) is 38.0 Å². The average Bonchev–Trinajstić information content (AvgIpc) is 2.41. The van der Waals surface area contributed by atoms with Gasteiger partial charge in [0.1, 0.15) is 6.04 Å². The van der Waals surface area contributed by atoms with E-state index in [0.717, 1.165) is 38.1 Å². The van der Waals surface area contributed by atoms with Gasteiger partial charge in [0.2, 0.25) is 0 Å². The Morgan fingerprint density at radius 3 is 2.21 bits per heavy atom. The quantitative estimate of drug-likeness (QED) is 0.847. The summed E-state index contributed by atoms with van der Waals surface area (Å²) in [7, 11) is 0. The topological polar surface area (TPSA) is 43.8 Å². The van der Waals surface area contributed by atoms with Crippen LogP contribution in [0.5, 0.6) is 0 Å². The number of hydrogen-bond acceptors (Lipinski definition) is 3. The van der Waals surface area contributed by atoms with Crippen molar-refractivity contribution in [2.45, 2.75) is 58.0 Å². The van der Waals surface area contributed by atoms with Gasteiger partial charge < -0.3 is 5.11 Å². The fourth-order valence-corrected chi connectivity index (χ4v) is 3.61. The highest BCUT2D eigenvalue weighted by molar-refractivity contribution is 5.73. The van der Waals surface area contributed by atoms with Crippen LogP contribution in [0.25, 0.3) is 0 Å². The van der Waals surface area contributed by atoms with Crippen molar-refractivity contribution < 1.29 is 9.90 Å². The van der Waals surface area contributed by atoms with Gasteiger partial charge in [-0.25, -0.2) is 0 Å². The lowest BCUT2D eigenvalue weighted by Crippen LogP contribution is -2.55. The summed E-state index contributed by atoms with van der Waals surface area (Å²) in [5.41, 5.74) is 0. The Hall–Kier alpha value is -0.610. The normalized spacial score (nSPS) is 32.1. The predicted molar refractivity (Wildman–Crippen MR) is 76.3 cm³/mol.